The van der Waals surface area contributed by atoms with E-state index >= 15 is 0 Å². The number of oxime groups is 1. The molecule has 1 aromatic rings. The smallest absolute Gasteiger partial charge is 0.263 e. The predicted octanol–water partition coefficient (Wildman–Crippen LogP) is 1.55. The highest BCUT2D eigenvalue weighted by atomic mass is 16.6. The van der Waals surface area contributed by atoms with Crippen molar-refractivity contribution >= 4 is 5.71 Å². The molecule has 0 aliphatic carbocycles. The van der Waals surface area contributed by atoms with Crippen LogP contribution in [0, 0.1) is 6.92 Å². The SMILES string of the molecule is CCO/N=C(/CC)c1c(O)cc(C)n(C)c1=O. The summed E-state index contributed by atoms with van der Waals surface area (Å²) in [5.41, 5.74) is 1.12. The van der Waals surface area contributed by atoms with Gasteiger partial charge in [0, 0.05) is 18.8 Å². The second-order valence-electron chi connectivity index (χ2n) is 3.72. The van der Waals surface area contributed by atoms with Gasteiger partial charge in [0.15, 0.2) is 0 Å². The molecule has 5 nitrogen and oxygen atoms in total. The van der Waals surface area contributed by atoms with Crippen molar-refractivity contribution in [2.24, 2.45) is 12.2 Å². The normalized spacial score (nSPS) is 11.6. The molecule has 0 aliphatic heterocycles. The fraction of sp³-hybridized carbons (Fsp3) is 0.500. The molecule has 0 spiro atoms. The van der Waals surface area contributed by atoms with E-state index in [1.165, 1.54) is 4.57 Å². The third kappa shape index (κ3) is 2.67. The monoisotopic (exact) mass is 238 g/mol. The van der Waals surface area contributed by atoms with Crippen LogP contribution in [-0.4, -0.2) is 22.0 Å². The third-order valence-corrected chi connectivity index (χ3v) is 2.58. The summed E-state index contributed by atoms with van der Waals surface area (Å²) in [6.45, 7) is 5.85. The van der Waals surface area contributed by atoms with Gasteiger partial charge in [-0.3, -0.25) is 4.79 Å². The molecule has 0 unspecified atom stereocenters. The Balaban J connectivity index is 3.40. The van der Waals surface area contributed by atoms with Gasteiger partial charge in [-0.2, -0.15) is 0 Å². The summed E-state index contributed by atoms with van der Waals surface area (Å²) in [5, 5.41) is 13.7. The van der Waals surface area contributed by atoms with E-state index in [2.05, 4.69) is 5.16 Å². The van der Waals surface area contributed by atoms with Gasteiger partial charge in [-0.05, 0) is 20.3 Å². The maximum atomic E-state index is 12.0. The molecule has 0 bridgehead atoms. The lowest BCUT2D eigenvalue weighted by molar-refractivity contribution is 0.158. The van der Waals surface area contributed by atoms with Gasteiger partial charge < -0.3 is 14.5 Å². The lowest BCUT2D eigenvalue weighted by Crippen LogP contribution is -2.26. The number of nitrogens with zero attached hydrogens (tertiary/aromatic N) is 2. The van der Waals surface area contributed by atoms with E-state index in [-0.39, 0.29) is 16.9 Å². The average molecular weight is 238 g/mol. The fourth-order valence-electron chi connectivity index (χ4n) is 1.50. The topological polar surface area (TPSA) is 63.8 Å². The van der Waals surface area contributed by atoms with E-state index in [0.717, 1.165) is 0 Å². The van der Waals surface area contributed by atoms with Crippen molar-refractivity contribution in [1.29, 1.82) is 0 Å². The number of pyridine rings is 1. The zero-order chi connectivity index (χ0) is 13.0. The minimum Gasteiger partial charge on any atom is -0.507 e. The van der Waals surface area contributed by atoms with Crippen molar-refractivity contribution in [3.05, 3.63) is 27.7 Å². The van der Waals surface area contributed by atoms with Crippen LogP contribution >= 0.6 is 0 Å². The van der Waals surface area contributed by atoms with Crippen LogP contribution in [0.15, 0.2) is 16.0 Å². The van der Waals surface area contributed by atoms with E-state index in [4.69, 9.17) is 4.84 Å². The van der Waals surface area contributed by atoms with Crippen LogP contribution in [0.3, 0.4) is 0 Å². The van der Waals surface area contributed by atoms with Gasteiger partial charge in [-0.25, -0.2) is 0 Å². The third-order valence-electron chi connectivity index (χ3n) is 2.58. The van der Waals surface area contributed by atoms with Gasteiger partial charge in [0.1, 0.15) is 17.9 Å². The molecule has 1 rings (SSSR count). The Hall–Kier alpha value is -1.78. The standard InChI is InChI=1S/C12H18N2O3/c1-5-9(13-17-6-2)11-10(15)7-8(3)14(4)12(11)16/h7,15H,5-6H2,1-4H3/b13-9-. The average Bonchev–Trinajstić information content (AvgIpc) is 2.30. The lowest BCUT2D eigenvalue weighted by Gasteiger charge is -2.10. The molecule has 0 saturated heterocycles. The first-order chi connectivity index (χ1) is 8.02. The number of hydrogen-bond acceptors (Lipinski definition) is 4. The molecule has 1 N–H and O–H groups in total. The van der Waals surface area contributed by atoms with Crippen molar-refractivity contribution in [3.63, 3.8) is 0 Å². The molecular weight excluding hydrogens is 220 g/mol. The maximum Gasteiger partial charge on any atom is 0.263 e. The lowest BCUT2D eigenvalue weighted by atomic mass is 10.1. The van der Waals surface area contributed by atoms with Crippen molar-refractivity contribution in [2.75, 3.05) is 6.61 Å². The summed E-state index contributed by atoms with van der Waals surface area (Å²) >= 11 is 0. The van der Waals surface area contributed by atoms with Crippen LogP contribution in [-0.2, 0) is 11.9 Å². The molecule has 0 fully saturated rings. The maximum absolute atomic E-state index is 12.0. The molecule has 0 aliphatic rings. The van der Waals surface area contributed by atoms with Crippen molar-refractivity contribution in [1.82, 2.24) is 4.57 Å². The quantitative estimate of drug-likeness (QED) is 0.639. The molecule has 0 saturated carbocycles. The van der Waals surface area contributed by atoms with Crippen LogP contribution in [0.1, 0.15) is 31.5 Å². The highest BCUT2D eigenvalue weighted by Crippen LogP contribution is 2.16. The Labute approximate surface area is 100 Å². The minimum absolute atomic E-state index is 0.0501. The van der Waals surface area contributed by atoms with E-state index in [1.54, 1.807) is 20.0 Å². The Morgan fingerprint density at radius 2 is 2.18 bits per heavy atom. The van der Waals surface area contributed by atoms with Gasteiger partial charge in [0.2, 0.25) is 0 Å². The Bertz CT molecular complexity index is 489. The van der Waals surface area contributed by atoms with Gasteiger partial charge in [-0.15, -0.1) is 0 Å². The highest BCUT2D eigenvalue weighted by molar-refractivity contribution is 6.01. The van der Waals surface area contributed by atoms with E-state index in [9.17, 15) is 9.90 Å². The summed E-state index contributed by atoms with van der Waals surface area (Å²) in [4.78, 5) is 17.0. The first kappa shape index (κ1) is 13.3. The summed E-state index contributed by atoms with van der Waals surface area (Å²) in [6.07, 6.45) is 0.520. The van der Waals surface area contributed by atoms with Crippen LogP contribution in [0.2, 0.25) is 0 Å². The second-order valence-corrected chi connectivity index (χ2v) is 3.72. The summed E-state index contributed by atoms with van der Waals surface area (Å²) in [6, 6.07) is 1.55. The molecule has 94 valence electrons. The minimum atomic E-state index is -0.261. The Kier molecular flexibility index (Phi) is 4.31. The number of hydrogen-bond donors (Lipinski definition) is 1. The van der Waals surface area contributed by atoms with Crippen molar-refractivity contribution in [3.8, 4) is 5.75 Å². The molecule has 5 heteroatoms. The second kappa shape index (κ2) is 5.52. The van der Waals surface area contributed by atoms with Crippen LogP contribution < -0.4 is 5.56 Å². The first-order valence-electron chi connectivity index (χ1n) is 5.61. The van der Waals surface area contributed by atoms with Crippen LogP contribution in [0.5, 0.6) is 5.75 Å². The molecular formula is C12H18N2O3. The predicted molar refractivity (Wildman–Crippen MR) is 66.5 cm³/mol. The van der Waals surface area contributed by atoms with Gasteiger partial charge in [0.05, 0.1) is 5.71 Å². The number of rotatable bonds is 4. The van der Waals surface area contributed by atoms with E-state index < -0.39 is 0 Å². The van der Waals surface area contributed by atoms with Gasteiger partial charge >= 0.3 is 0 Å². The zero-order valence-electron chi connectivity index (χ0n) is 10.6. The molecule has 0 radical (unpaired) electrons. The van der Waals surface area contributed by atoms with Gasteiger partial charge in [0.25, 0.3) is 5.56 Å². The van der Waals surface area contributed by atoms with E-state index in [1.807, 2.05) is 13.8 Å². The molecule has 1 heterocycles. The van der Waals surface area contributed by atoms with E-state index in [0.29, 0.717) is 24.4 Å². The molecule has 1 aromatic heterocycles. The van der Waals surface area contributed by atoms with Crippen molar-refractivity contribution < 1.29 is 9.94 Å². The molecule has 0 amide bonds. The molecule has 17 heavy (non-hydrogen) atoms. The fourth-order valence-corrected chi connectivity index (χ4v) is 1.50. The highest BCUT2D eigenvalue weighted by Gasteiger charge is 2.15. The first-order valence-corrected chi connectivity index (χ1v) is 5.61. The number of aromatic nitrogens is 1. The molecule has 0 aromatic carbocycles. The zero-order valence-corrected chi connectivity index (χ0v) is 10.6. The Morgan fingerprint density at radius 3 is 2.71 bits per heavy atom. The molecule has 0 atom stereocenters. The Morgan fingerprint density at radius 1 is 1.53 bits per heavy atom. The summed E-state index contributed by atoms with van der Waals surface area (Å²) in [7, 11) is 1.66. The summed E-state index contributed by atoms with van der Waals surface area (Å²) in [5.74, 6) is -0.0501. The van der Waals surface area contributed by atoms with Crippen LogP contribution in [0.4, 0.5) is 0 Å². The van der Waals surface area contributed by atoms with Gasteiger partial charge in [-0.1, -0.05) is 12.1 Å². The summed E-state index contributed by atoms with van der Waals surface area (Å²) < 4.78 is 1.48. The number of aryl methyl sites for hydroxylation is 1. The largest absolute Gasteiger partial charge is 0.507 e. The van der Waals surface area contributed by atoms with Crippen molar-refractivity contribution in [2.45, 2.75) is 27.2 Å². The number of aromatic hydroxyl groups is 1. The van der Waals surface area contributed by atoms with Crippen LogP contribution in [0.25, 0.3) is 0 Å².